The third-order valence-electron chi connectivity index (χ3n) is 10.2. The largest absolute Gasteiger partial charge is 0.396 e. The second-order valence-electron chi connectivity index (χ2n) is 11.2. The van der Waals surface area contributed by atoms with Crippen LogP contribution in [0, 0.1) is 46.3 Å². The van der Waals surface area contributed by atoms with Crippen molar-refractivity contribution in [2.24, 2.45) is 46.3 Å². The van der Waals surface area contributed by atoms with Crippen LogP contribution >= 0.6 is 0 Å². The normalized spacial score (nSPS) is 56.0. The van der Waals surface area contributed by atoms with Gasteiger partial charge >= 0.3 is 0 Å². The van der Waals surface area contributed by atoms with Gasteiger partial charge in [0.2, 0.25) is 0 Å². The average Bonchev–Trinajstić information content (AvgIpc) is 2.97. The molecule has 162 valence electrons. The van der Waals surface area contributed by atoms with Crippen LogP contribution in [0.5, 0.6) is 0 Å². The third kappa shape index (κ3) is 2.92. The number of fused-ring (bicyclic) bond motifs is 5. The van der Waals surface area contributed by atoms with Gasteiger partial charge in [0.05, 0.1) is 18.3 Å². The quantitative estimate of drug-likeness (QED) is 0.589. The van der Waals surface area contributed by atoms with Crippen LogP contribution < -0.4 is 0 Å². The molecule has 28 heavy (non-hydrogen) atoms. The molecule has 4 fully saturated rings. The number of hydrogen-bond donors (Lipinski definition) is 4. The molecule has 0 saturated heterocycles. The van der Waals surface area contributed by atoms with E-state index < -0.39 is 0 Å². The van der Waals surface area contributed by atoms with Crippen molar-refractivity contribution in [2.45, 2.75) is 96.9 Å². The Hall–Kier alpha value is -0.160. The minimum atomic E-state index is -0.366. The van der Waals surface area contributed by atoms with Crippen molar-refractivity contribution in [3.63, 3.8) is 0 Å². The van der Waals surface area contributed by atoms with E-state index >= 15 is 0 Å². The van der Waals surface area contributed by atoms with Gasteiger partial charge in [-0.05, 0) is 97.7 Å². The van der Waals surface area contributed by atoms with E-state index in [1.54, 1.807) is 0 Å². The minimum absolute atomic E-state index is 0.0216. The molecule has 11 atom stereocenters. The molecule has 4 saturated carbocycles. The summed E-state index contributed by atoms with van der Waals surface area (Å²) < 4.78 is 0. The summed E-state index contributed by atoms with van der Waals surface area (Å²) in [4.78, 5) is 0. The number of aliphatic hydroxyl groups excluding tert-OH is 4. The number of aliphatic hydroxyl groups is 4. The van der Waals surface area contributed by atoms with Gasteiger partial charge in [-0.15, -0.1) is 0 Å². The molecule has 0 aromatic rings. The molecule has 4 heteroatoms. The van der Waals surface area contributed by atoms with Gasteiger partial charge in [-0.1, -0.05) is 27.2 Å². The van der Waals surface area contributed by atoms with Crippen LogP contribution in [0.15, 0.2) is 0 Å². The Bertz CT molecular complexity index is 567. The number of hydrogen-bond acceptors (Lipinski definition) is 4. The first-order chi connectivity index (χ1) is 13.3. The summed E-state index contributed by atoms with van der Waals surface area (Å²) in [6.07, 6.45) is 7.58. The van der Waals surface area contributed by atoms with Gasteiger partial charge in [0.1, 0.15) is 0 Å². The lowest BCUT2D eigenvalue weighted by molar-refractivity contribution is -0.234. The highest BCUT2D eigenvalue weighted by Gasteiger charge is 2.66. The van der Waals surface area contributed by atoms with Crippen LogP contribution in [0.25, 0.3) is 0 Å². The molecule has 0 aromatic heterocycles. The molecule has 0 heterocycles. The highest BCUT2D eigenvalue weighted by atomic mass is 16.3. The molecule has 0 aromatic carbocycles. The van der Waals surface area contributed by atoms with Gasteiger partial charge in [0.15, 0.2) is 0 Å². The van der Waals surface area contributed by atoms with E-state index in [4.69, 9.17) is 0 Å². The predicted octanol–water partition coefficient (Wildman–Crippen LogP) is 3.36. The molecule has 0 aliphatic heterocycles. The standard InChI is InChI=1S/C24H42O4/c1-4-16-18-12-15(26)9-10-23(18,2)21-19(27)13-24(3)14(6-5-11-25)7-8-17(24)20(21)22(16)28/h14-22,25-28H,4-13H2,1-3H3/t14-,15+,16+,17?,18-,19-,20?,21?,22+,23-,24+/m0/s1. The smallest absolute Gasteiger partial charge is 0.0605 e. The number of rotatable bonds is 4. The summed E-state index contributed by atoms with van der Waals surface area (Å²) >= 11 is 0. The lowest BCUT2D eigenvalue weighted by Crippen LogP contribution is -2.65. The van der Waals surface area contributed by atoms with Crippen LogP contribution in [0.2, 0.25) is 0 Å². The fourth-order valence-corrected chi connectivity index (χ4v) is 8.99. The van der Waals surface area contributed by atoms with Crippen molar-refractivity contribution >= 4 is 0 Å². The monoisotopic (exact) mass is 394 g/mol. The maximum atomic E-state index is 11.6. The van der Waals surface area contributed by atoms with Crippen LogP contribution in [-0.4, -0.2) is 45.3 Å². The highest BCUT2D eigenvalue weighted by Crippen LogP contribution is 2.69. The fourth-order valence-electron chi connectivity index (χ4n) is 8.99. The topological polar surface area (TPSA) is 80.9 Å². The molecule has 0 radical (unpaired) electrons. The molecule has 4 N–H and O–H groups in total. The molecule has 4 nitrogen and oxygen atoms in total. The van der Waals surface area contributed by atoms with E-state index in [0.717, 1.165) is 51.4 Å². The van der Waals surface area contributed by atoms with Gasteiger partial charge in [-0.25, -0.2) is 0 Å². The van der Waals surface area contributed by atoms with Gasteiger partial charge in [0.25, 0.3) is 0 Å². The molecule has 4 aliphatic rings. The Kier molecular flexibility index (Phi) is 5.66. The van der Waals surface area contributed by atoms with Gasteiger partial charge in [-0.3, -0.25) is 0 Å². The Labute approximate surface area is 170 Å². The van der Waals surface area contributed by atoms with Crippen LogP contribution in [0.4, 0.5) is 0 Å². The molecule has 3 unspecified atom stereocenters. The molecule has 0 spiro atoms. The fraction of sp³-hybridized carbons (Fsp3) is 1.00. The predicted molar refractivity (Wildman–Crippen MR) is 109 cm³/mol. The average molecular weight is 395 g/mol. The molecule has 4 aliphatic carbocycles. The summed E-state index contributed by atoms with van der Waals surface area (Å²) in [7, 11) is 0. The second kappa shape index (κ2) is 7.51. The van der Waals surface area contributed by atoms with Crippen molar-refractivity contribution in [3.8, 4) is 0 Å². The molecular weight excluding hydrogens is 352 g/mol. The molecule has 4 rings (SSSR count). The van der Waals surface area contributed by atoms with Crippen molar-refractivity contribution in [1.82, 2.24) is 0 Å². The zero-order valence-corrected chi connectivity index (χ0v) is 18.1. The van der Waals surface area contributed by atoms with Crippen molar-refractivity contribution in [3.05, 3.63) is 0 Å². The summed E-state index contributed by atoms with van der Waals surface area (Å²) in [5, 5.41) is 42.8. The SMILES string of the molecule is CC[C@H]1[C@@H](O)C2C3CC[C@H](CCCO)[C@@]3(C)C[C@H](O)C2[C@@]2(C)CC[C@@H](O)C[C@@H]12. The Morgan fingerprint density at radius 1 is 0.964 bits per heavy atom. The molecule has 0 amide bonds. The minimum Gasteiger partial charge on any atom is -0.396 e. The highest BCUT2D eigenvalue weighted by molar-refractivity contribution is 5.15. The summed E-state index contributed by atoms with van der Waals surface area (Å²) in [6, 6.07) is 0. The Morgan fingerprint density at radius 3 is 2.39 bits per heavy atom. The van der Waals surface area contributed by atoms with Crippen LogP contribution in [0.3, 0.4) is 0 Å². The lowest BCUT2D eigenvalue weighted by Gasteiger charge is -2.65. The van der Waals surface area contributed by atoms with Gasteiger partial charge < -0.3 is 20.4 Å². The third-order valence-corrected chi connectivity index (χ3v) is 10.2. The maximum Gasteiger partial charge on any atom is 0.0605 e. The summed E-state index contributed by atoms with van der Waals surface area (Å²) in [5.74, 6) is 1.88. The van der Waals surface area contributed by atoms with E-state index in [0.29, 0.717) is 17.8 Å². The first-order valence-corrected chi connectivity index (χ1v) is 11.9. The first kappa shape index (κ1) is 21.1. The molecule has 0 bridgehead atoms. The van der Waals surface area contributed by atoms with E-state index in [9.17, 15) is 20.4 Å². The second-order valence-corrected chi connectivity index (χ2v) is 11.2. The van der Waals surface area contributed by atoms with Gasteiger partial charge in [0, 0.05) is 6.61 Å². The Balaban J connectivity index is 1.70. The van der Waals surface area contributed by atoms with Crippen molar-refractivity contribution in [2.75, 3.05) is 6.61 Å². The zero-order chi connectivity index (χ0) is 20.3. The van der Waals surface area contributed by atoms with Crippen LogP contribution in [0.1, 0.15) is 78.6 Å². The van der Waals surface area contributed by atoms with E-state index in [1.165, 1.54) is 6.42 Å². The van der Waals surface area contributed by atoms with E-state index in [2.05, 4.69) is 20.8 Å². The lowest BCUT2D eigenvalue weighted by atomic mass is 9.41. The molecular formula is C24H42O4. The van der Waals surface area contributed by atoms with Crippen molar-refractivity contribution in [1.29, 1.82) is 0 Å². The summed E-state index contributed by atoms with van der Waals surface area (Å²) in [5.41, 5.74) is 0.0974. The Morgan fingerprint density at radius 2 is 1.71 bits per heavy atom. The van der Waals surface area contributed by atoms with Gasteiger partial charge in [-0.2, -0.15) is 0 Å². The van der Waals surface area contributed by atoms with Crippen LogP contribution in [-0.2, 0) is 0 Å². The zero-order valence-electron chi connectivity index (χ0n) is 18.1. The van der Waals surface area contributed by atoms with E-state index in [-0.39, 0.29) is 53.5 Å². The summed E-state index contributed by atoms with van der Waals surface area (Å²) in [6.45, 7) is 7.15. The maximum absolute atomic E-state index is 11.6. The van der Waals surface area contributed by atoms with Crippen molar-refractivity contribution < 1.29 is 20.4 Å². The first-order valence-electron chi connectivity index (χ1n) is 11.9. The van der Waals surface area contributed by atoms with E-state index in [1.807, 2.05) is 0 Å².